The van der Waals surface area contributed by atoms with Crippen LogP contribution in [0.1, 0.15) is 47.2 Å². The largest absolute Gasteiger partial charge is 0.372 e. The van der Waals surface area contributed by atoms with Crippen molar-refractivity contribution in [2.75, 3.05) is 0 Å². The maximum atomic E-state index is 6.23. The first-order valence-electron chi connectivity index (χ1n) is 20.2. The number of rotatable bonds is 13. The van der Waals surface area contributed by atoms with E-state index < -0.39 is 0 Å². The highest BCUT2D eigenvalue weighted by Gasteiger charge is 2.15. The third kappa shape index (κ3) is 6.74. The van der Waals surface area contributed by atoms with Gasteiger partial charge in [-0.05, 0) is 147 Å². The van der Waals surface area contributed by atoms with E-state index in [9.17, 15) is 0 Å². The predicted molar refractivity (Wildman–Crippen MR) is 236 cm³/mol. The van der Waals surface area contributed by atoms with Crippen LogP contribution < -0.4 is 0 Å². The summed E-state index contributed by atoms with van der Waals surface area (Å²) in [5, 5.41) is 15.8. The lowest BCUT2D eigenvalue weighted by Crippen LogP contribution is -2.13. The fraction of sp³-hybridized carbons (Fsp3) is 0.185. The first-order chi connectivity index (χ1) is 27.5. The average Bonchev–Trinajstić information content (AvgIpc) is 3.23. The quantitative estimate of drug-likeness (QED) is 0.110. The van der Waals surface area contributed by atoms with Gasteiger partial charge in [-0.3, -0.25) is 0 Å². The zero-order chi connectivity index (χ0) is 37.6. The molecule has 0 amide bonds. The second-order valence-corrected chi connectivity index (χ2v) is 16.2. The molecule has 10 rings (SSSR count). The number of hydrogen-bond acceptors (Lipinski definition) is 2. The van der Waals surface area contributed by atoms with Gasteiger partial charge in [0.2, 0.25) is 0 Å². The zero-order valence-corrected chi connectivity index (χ0v) is 32.2. The summed E-state index contributed by atoms with van der Waals surface area (Å²) in [5.74, 6) is 1.14. The molecule has 2 atom stereocenters. The van der Waals surface area contributed by atoms with Crippen LogP contribution in [0.4, 0.5) is 0 Å². The van der Waals surface area contributed by atoms with Crippen LogP contribution >= 0.6 is 0 Å². The Morgan fingerprint density at radius 2 is 0.571 bits per heavy atom. The Morgan fingerprint density at radius 1 is 0.304 bits per heavy atom. The van der Waals surface area contributed by atoms with E-state index in [0.29, 0.717) is 38.3 Å². The van der Waals surface area contributed by atoms with Crippen molar-refractivity contribution in [2.24, 2.45) is 11.8 Å². The molecule has 0 N–H and O–H groups in total. The molecule has 0 saturated heterocycles. The Labute approximate surface area is 329 Å². The first kappa shape index (κ1) is 34.7. The van der Waals surface area contributed by atoms with Crippen molar-refractivity contribution in [2.45, 2.75) is 53.1 Å². The topological polar surface area (TPSA) is 18.5 Å². The Bertz CT molecular complexity index is 2610. The van der Waals surface area contributed by atoms with Gasteiger partial charge in [0.25, 0.3) is 0 Å². The molecule has 0 radical (unpaired) electrons. The fourth-order valence-electron chi connectivity index (χ4n) is 9.07. The highest BCUT2D eigenvalue weighted by Crippen LogP contribution is 2.37. The molecule has 10 aromatic rings. The minimum absolute atomic E-state index is 0.572. The highest BCUT2D eigenvalue weighted by molar-refractivity contribution is 6.24. The summed E-state index contributed by atoms with van der Waals surface area (Å²) >= 11 is 0. The maximum absolute atomic E-state index is 6.23. The van der Waals surface area contributed by atoms with Gasteiger partial charge in [0.05, 0.1) is 26.4 Å². The van der Waals surface area contributed by atoms with Gasteiger partial charge in [0.15, 0.2) is 0 Å². The lowest BCUT2D eigenvalue weighted by Gasteiger charge is -2.20. The van der Waals surface area contributed by atoms with Crippen LogP contribution in [0.15, 0.2) is 158 Å². The van der Waals surface area contributed by atoms with Gasteiger partial charge in [-0.1, -0.05) is 147 Å². The van der Waals surface area contributed by atoms with Gasteiger partial charge in [-0.25, -0.2) is 0 Å². The second-order valence-electron chi connectivity index (χ2n) is 16.2. The van der Waals surface area contributed by atoms with Crippen LogP contribution in [-0.2, 0) is 48.7 Å². The number of hydrogen-bond donors (Lipinski definition) is 0. The zero-order valence-electron chi connectivity index (χ0n) is 32.2. The van der Waals surface area contributed by atoms with E-state index in [4.69, 9.17) is 9.47 Å². The molecule has 2 nitrogen and oxygen atoms in total. The van der Waals surface area contributed by atoms with Gasteiger partial charge in [-0.2, -0.15) is 0 Å². The average molecular weight is 727 g/mol. The summed E-state index contributed by atoms with van der Waals surface area (Å²) in [4.78, 5) is 0. The van der Waals surface area contributed by atoms with Gasteiger partial charge in [0, 0.05) is 0 Å². The molecule has 0 aromatic heterocycles. The van der Waals surface area contributed by atoms with E-state index in [0.717, 1.165) is 12.8 Å². The summed E-state index contributed by atoms with van der Waals surface area (Å²) in [6, 6.07) is 58.3. The standard InChI is InChI=1S/C54H46O2/c1-35(25-37-9-13-39(14-10-37)31-55-33-41-27-47-21-17-43-5-3-6-44-18-22-48(28-41)53(47)51(43)44)36(2)26-38-11-15-40(16-12-38)32-56-34-42-29-49-23-19-45-7-4-8-46-20-24-50(30-42)54(49)52(45)46/h3-24,27-30,35-36H,25-26,31-34H2,1-2H3. The minimum Gasteiger partial charge on any atom is -0.372 e. The molecule has 0 saturated carbocycles. The molecule has 0 aliphatic carbocycles. The molecular weight excluding hydrogens is 681 g/mol. The SMILES string of the molecule is CC(Cc1ccc(COCc2cc3ccc4cccc5ccc(c2)c3c45)cc1)C(C)Cc1ccc(COCc2cc3ccc4cccc5ccc(c2)c3c45)cc1. The summed E-state index contributed by atoms with van der Waals surface area (Å²) in [6.07, 6.45) is 2.14. The monoisotopic (exact) mass is 726 g/mol. The van der Waals surface area contributed by atoms with E-state index in [1.54, 1.807) is 0 Å². The first-order valence-corrected chi connectivity index (χ1v) is 20.2. The van der Waals surface area contributed by atoms with Gasteiger partial charge in [-0.15, -0.1) is 0 Å². The van der Waals surface area contributed by atoms with E-state index in [1.165, 1.54) is 98.0 Å². The van der Waals surface area contributed by atoms with E-state index >= 15 is 0 Å². The van der Waals surface area contributed by atoms with Crippen LogP contribution in [0.25, 0.3) is 64.6 Å². The van der Waals surface area contributed by atoms with Crippen molar-refractivity contribution in [1.82, 2.24) is 0 Å². The molecule has 0 aliphatic heterocycles. The summed E-state index contributed by atoms with van der Waals surface area (Å²) in [6.45, 7) is 7.19. The van der Waals surface area contributed by atoms with E-state index in [1.807, 2.05) is 0 Å². The lowest BCUT2D eigenvalue weighted by molar-refractivity contribution is 0.107. The van der Waals surface area contributed by atoms with Crippen molar-refractivity contribution < 1.29 is 9.47 Å². The molecule has 10 aromatic carbocycles. The van der Waals surface area contributed by atoms with Crippen molar-refractivity contribution in [3.8, 4) is 0 Å². The van der Waals surface area contributed by atoms with E-state index in [-0.39, 0.29) is 0 Å². The molecule has 56 heavy (non-hydrogen) atoms. The van der Waals surface area contributed by atoms with Crippen molar-refractivity contribution in [3.63, 3.8) is 0 Å². The summed E-state index contributed by atoms with van der Waals surface area (Å²) in [7, 11) is 0. The molecule has 0 aliphatic rings. The Balaban J connectivity index is 0.696. The van der Waals surface area contributed by atoms with Crippen molar-refractivity contribution in [1.29, 1.82) is 0 Å². The van der Waals surface area contributed by atoms with Gasteiger partial charge in [0.1, 0.15) is 0 Å². The molecule has 0 spiro atoms. The Kier molecular flexibility index (Phi) is 9.10. The van der Waals surface area contributed by atoms with Crippen LogP contribution in [0.3, 0.4) is 0 Å². The number of ether oxygens (including phenoxy) is 2. The fourth-order valence-corrected chi connectivity index (χ4v) is 9.07. The van der Waals surface area contributed by atoms with Crippen molar-refractivity contribution in [3.05, 3.63) is 191 Å². The molecule has 0 bridgehead atoms. The third-order valence-corrected chi connectivity index (χ3v) is 12.3. The van der Waals surface area contributed by atoms with Crippen LogP contribution in [-0.4, -0.2) is 0 Å². The highest BCUT2D eigenvalue weighted by atomic mass is 16.5. The van der Waals surface area contributed by atoms with E-state index in [2.05, 4.69) is 172 Å². The smallest absolute Gasteiger partial charge is 0.0721 e. The van der Waals surface area contributed by atoms with Crippen LogP contribution in [0.2, 0.25) is 0 Å². The molecule has 2 unspecified atom stereocenters. The second kappa shape index (κ2) is 14.7. The summed E-state index contributed by atoms with van der Waals surface area (Å²) in [5.41, 5.74) is 7.64. The molecule has 0 fully saturated rings. The lowest BCUT2D eigenvalue weighted by atomic mass is 9.85. The molecule has 0 heterocycles. The van der Waals surface area contributed by atoms with Crippen LogP contribution in [0.5, 0.6) is 0 Å². The predicted octanol–water partition coefficient (Wildman–Crippen LogP) is 14.0. The molecule has 2 heteroatoms. The minimum atomic E-state index is 0.572. The summed E-state index contributed by atoms with van der Waals surface area (Å²) < 4.78 is 12.5. The Morgan fingerprint density at radius 3 is 0.911 bits per heavy atom. The van der Waals surface area contributed by atoms with Crippen molar-refractivity contribution >= 4 is 64.6 Å². The van der Waals surface area contributed by atoms with Gasteiger partial charge < -0.3 is 9.47 Å². The van der Waals surface area contributed by atoms with Gasteiger partial charge >= 0.3 is 0 Å². The van der Waals surface area contributed by atoms with Crippen LogP contribution in [0, 0.1) is 11.8 Å². The normalized spacial score (nSPS) is 13.2. The Hall–Kier alpha value is -5.80. The molecular formula is C54H46O2. The third-order valence-electron chi connectivity index (χ3n) is 12.3. The molecule has 274 valence electrons. The number of benzene rings is 10. The maximum Gasteiger partial charge on any atom is 0.0721 e.